The number of esters is 1. The van der Waals surface area contributed by atoms with Crippen LogP contribution in [0.1, 0.15) is 26.4 Å². The fourth-order valence-electron chi connectivity index (χ4n) is 3.67. The lowest BCUT2D eigenvalue weighted by atomic mass is 10.2. The van der Waals surface area contributed by atoms with Crippen LogP contribution in [0, 0.1) is 13.8 Å². The van der Waals surface area contributed by atoms with Crippen LogP contribution >= 0.6 is 30.5 Å². The molecule has 0 amide bonds. The molecule has 1 heterocycles. The number of ether oxygens (including phenoxy) is 1. The average molecular weight is 526 g/mol. The average Bonchev–Trinajstić information content (AvgIpc) is 3.27. The number of hydrogen-bond donors (Lipinski definition) is 1. The van der Waals surface area contributed by atoms with Crippen molar-refractivity contribution in [1.29, 1.82) is 0 Å². The number of anilines is 1. The first kappa shape index (κ1) is 25.2. The Morgan fingerprint density at radius 3 is 2.37 bits per heavy atom. The van der Waals surface area contributed by atoms with Gasteiger partial charge < -0.3 is 14.3 Å². The topological polar surface area (TPSA) is 64.6 Å². The van der Waals surface area contributed by atoms with E-state index in [1.807, 2.05) is 68.4 Å². The number of hydrogen-bond acceptors (Lipinski definition) is 5. The Morgan fingerprint density at radius 1 is 1.00 bits per heavy atom. The number of nitrogens with one attached hydrogen (secondary N) is 1. The van der Waals surface area contributed by atoms with Crippen LogP contribution in [0.4, 0.5) is 5.69 Å². The second-order valence-electron chi connectivity index (χ2n) is 8.06. The molecule has 0 aliphatic carbocycles. The molecule has 5 nitrogen and oxygen atoms in total. The van der Waals surface area contributed by atoms with Gasteiger partial charge in [-0.05, 0) is 54.8 Å². The van der Waals surface area contributed by atoms with Crippen LogP contribution in [0.25, 0.3) is 10.4 Å². The van der Waals surface area contributed by atoms with Crippen molar-refractivity contribution in [2.45, 2.75) is 20.5 Å². The molecule has 8 heteroatoms. The van der Waals surface area contributed by atoms with E-state index in [0.29, 0.717) is 20.9 Å². The highest BCUT2D eigenvalue weighted by Crippen LogP contribution is 2.49. The van der Waals surface area contributed by atoms with Gasteiger partial charge in [-0.25, -0.2) is 4.79 Å². The number of benzene rings is 3. The maximum Gasteiger partial charge on any atom is 0.350 e. The quantitative estimate of drug-likeness (QED) is 0.189. The Kier molecular flexibility index (Phi) is 7.78. The lowest BCUT2D eigenvalue weighted by molar-refractivity contribution is 0.0479. The summed E-state index contributed by atoms with van der Waals surface area (Å²) in [6.07, 6.45) is 0. The van der Waals surface area contributed by atoms with Crippen LogP contribution in [0.3, 0.4) is 0 Å². The minimum absolute atomic E-state index is 0.131. The van der Waals surface area contributed by atoms with Gasteiger partial charge in [-0.15, -0.1) is 11.3 Å². The van der Waals surface area contributed by atoms with E-state index in [1.54, 1.807) is 24.3 Å². The number of carbonyl (C=O) groups is 1. The fourth-order valence-corrected chi connectivity index (χ4v) is 6.59. The predicted octanol–water partition coefficient (Wildman–Crippen LogP) is 7.62. The van der Waals surface area contributed by atoms with Gasteiger partial charge >= 0.3 is 13.5 Å². The lowest BCUT2D eigenvalue weighted by Gasteiger charge is -2.21. The van der Waals surface area contributed by atoms with Gasteiger partial charge in [0.1, 0.15) is 11.5 Å². The van der Waals surface area contributed by atoms with Crippen molar-refractivity contribution in [3.8, 4) is 10.4 Å². The molecule has 0 spiro atoms. The third-order valence-corrected chi connectivity index (χ3v) is 9.05. The number of rotatable bonds is 8. The zero-order valence-corrected chi connectivity index (χ0v) is 22.0. The first-order valence-corrected chi connectivity index (χ1v) is 13.7. The van der Waals surface area contributed by atoms with Crippen LogP contribution in [-0.2, 0) is 20.4 Å². The van der Waals surface area contributed by atoms with E-state index in [9.17, 15) is 9.36 Å². The molecule has 0 radical (unpaired) electrons. The minimum atomic E-state index is -3.53. The molecule has 4 aromatic rings. The van der Waals surface area contributed by atoms with Crippen LogP contribution in [-0.4, -0.2) is 13.1 Å². The maximum absolute atomic E-state index is 13.9. The predicted molar refractivity (Wildman–Crippen MR) is 144 cm³/mol. The monoisotopic (exact) mass is 525 g/mol. The summed E-state index contributed by atoms with van der Waals surface area (Å²) in [6.45, 7) is 3.99. The molecule has 0 saturated carbocycles. The summed E-state index contributed by atoms with van der Waals surface area (Å²) in [7, 11) is -2.14. The number of thiophene rings is 1. The summed E-state index contributed by atoms with van der Waals surface area (Å²) in [5.41, 5.74) is 4.04. The summed E-state index contributed by atoms with van der Waals surface area (Å²) >= 11 is 7.31. The van der Waals surface area contributed by atoms with Gasteiger partial charge in [0, 0.05) is 17.0 Å². The first-order valence-electron chi connectivity index (χ1n) is 10.9. The van der Waals surface area contributed by atoms with Crippen LogP contribution in [0.2, 0.25) is 5.02 Å². The summed E-state index contributed by atoms with van der Waals surface area (Å²) in [6, 6.07) is 24.2. The van der Waals surface area contributed by atoms with Crippen LogP contribution in [0.5, 0.6) is 0 Å². The van der Waals surface area contributed by atoms with E-state index in [0.717, 1.165) is 27.1 Å². The second-order valence-corrected chi connectivity index (χ2v) is 11.7. The van der Waals surface area contributed by atoms with E-state index < -0.39 is 13.5 Å². The Balaban J connectivity index is 1.71. The third-order valence-electron chi connectivity index (χ3n) is 5.45. The van der Waals surface area contributed by atoms with Crippen molar-refractivity contribution in [2.75, 3.05) is 12.2 Å². The summed E-state index contributed by atoms with van der Waals surface area (Å²) in [4.78, 5) is 14.3. The van der Waals surface area contributed by atoms with Crippen molar-refractivity contribution in [2.24, 2.45) is 0 Å². The van der Waals surface area contributed by atoms with Gasteiger partial charge in [0.15, 0.2) is 0 Å². The molecule has 1 atom stereocenters. The van der Waals surface area contributed by atoms with E-state index >= 15 is 0 Å². The van der Waals surface area contributed by atoms with Crippen molar-refractivity contribution >= 4 is 47.4 Å². The summed E-state index contributed by atoms with van der Waals surface area (Å²) in [5, 5.41) is 4.21. The van der Waals surface area contributed by atoms with Crippen molar-refractivity contribution in [3.05, 3.63) is 105 Å². The van der Waals surface area contributed by atoms with Gasteiger partial charge in [-0.3, -0.25) is 4.57 Å². The molecule has 1 aromatic heterocycles. The molecular formula is C27H25ClNO4PS. The van der Waals surface area contributed by atoms with Gasteiger partial charge in [-0.2, -0.15) is 0 Å². The lowest BCUT2D eigenvalue weighted by Crippen LogP contribution is -2.17. The zero-order valence-electron chi connectivity index (χ0n) is 19.6. The molecule has 3 aromatic carbocycles. The molecule has 0 aliphatic rings. The van der Waals surface area contributed by atoms with E-state index in [1.165, 1.54) is 18.4 Å². The molecule has 1 N–H and O–H groups in total. The fraction of sp³-hybridized carbons (Fsp3) is 0.148. The Bertz CT molecular complexity index is 1390. The normalized spacial score (nSPS) is 12.7. The van der Waals surface area contributed by atoms with Crippen molar-refractivity contribution in [3.63, 3.8) is 0 Å². The molecule has 35 heavy (non-hydrogen) atoms. The molecule has 180 valence electrons. The number of carbonyl (C=O) groups excluding carboxylic acids is 1. The molecule has 0 fully saturated rings. The highest BCUT2D eigenvalue weighted by atomic mass is 35.5. The van der Waals surface area contributed by atoms with Gasteiger partial charge in [0.05, 0.1) is 11.0 Å². The van der Waals surface area contributed by atoms with Crippen LogP contribution in [0.15, 0.2) is 78.9 Å². The van der Waals surface area contributed by atoms with Crippen LogP contribution < -0.4 is 10.4 Å². The standard InChI is InChI=1S/C27H25ClNO4PS/c1-18-9-14-24(19(2)15-18)34(31,32-3)29-23-16-25(21-10-12-22(28)13-11-21)35-26(23)27(30)33-17-20-7-5-4-6-8-20/h4-16H,17H2,1-3H3,(H,29,31). The van der Waals surface area contributed by atoms with Gasteiger partial charge in [0.2, 0.25) is 0 Å². The highest BCUT2D eigenvalue weighted by molar-refractivity contribution is 7.68. The number of halogens is 1. The summed E-state index contributed by atoms with van der Waals surface area (Å²) < 4.78 is 25.1. The van der Waals surface area contributed by atoms with Crippen molar-refractivity contribution < 1.29 is 18.6 Å². The van der Waals surface area contributed by atoms with E-state index in [-0.39, 0.29) is 6.61 Å². The van der Waals surface area contributed by atoms with Gasteiger partial charge in [-0.1, -0.05) is 71.8 Å². The zero-order chi connectivity index (χ0) is 25.0. The van der Waals surface area contributed by atoms with E-state index in [2.05, 4.69) is 5.09 Å². The highest BCUT2D eigenvalue weighted by Gasteiger charge is 2.30. The molecule has 4 rings (SSSR count). The second kappa shape index (κ2) is 10.8. The minimum Gasteiger partial charge on any atom is -0.457 e. The van der Waals surface area contributed by atoms with Gasteiger partial charge in [0.25, 0.3) is 0 Å². The molecular weight excluding hydrogens is 501 g/mol. The van der Waals surface area contributed by atoms with Crippen molar-refractivity contribution in [1.82, 2.24) is 0 Å². The number of aryl methyl sites for hydroxylation is 2. The Hall–Kier alpha value is -2.89. The first-order chi connectivity index (χ1) is 16.8. The molecule has 0 bridgehead atoms. The Morgan fingerprint density at radius 2 is 1.71 bits per heavy atom. The maximum atomic E-state index is 13.9. The molecule has 0 aliphatic heterocycles. The third kappa shape index (κ3) is 5.85. The largest absolute Gasteiger partial charge is 0.457 e. The molecule has 1 unspecified atom stereocenters. The SMILES string of the molecule is COP(=O)(Nc1cc(-c2ccc(Cl)cc2)sc1C(=O)OCc1ccccc1)c1ccc(C)cc1C. The van der Waals surface area contributed by atoms with E-state index in [4.69, 9.17) is 20.9 Å². The summed E-state index contributed by atoms with van der Waals surface area (Å²) in [5.74, 6) is -0.509. The smallest absolute Gasteiger partial charge is 0.350 e. The molecule has 0 saturated heterocycles. The Labute approximate surface area is 214 Å².